The fraction of sp³-hybridized carbons (Fsp3) is 0.458. The van der Waals surface area contributed by atoms with Gasteiger partial charge in [-0.2, -0.15) is 0 Å². The molecule has 2 aromatic rings. The average molecular weight is 670 g/mol. The summed E-state index contributed by atoms with van der Waals surface area (Å²) in [6.45, 7) is 2.61. The molecule has 2 radical (unpaired) electrons. The smallest absolute Gasteiger partial charge is 0.339 e. The molecule has 2 heterocycles. The van der Waals surface area contributed by atoms with Gasteiger partial charge in [0.1, 0.15) is 25.0 Å². The quantitative estimate of drug-likeness (QED) is 0.271. The van der Waals surface area contributed by atoms with Crippen molar-refractivity contribution in [2.75, 3.05) is 32.3 Å². The summed E-state index contributed by atoms with van der Waals surface area (Å²) in [5, 5.41) is 17.6. The van der Waals surface area contributed by atoms with Gasteiger partial charge in [-0.15, -0.1) is 23.5 Å². The van der Waals surface area contributed by atoms with Gasteiger partial charge in [0.25, 0.3) is 0 Å². The minimum Gasteiger partial charge on any atom is -0.478 e. The highest BCUT2D eigenvalue weighted by Gasteiger charge is 2.16. The number of aliphatic hydroxyl groups is 1. The van der Waals surface area contributed by atoms with Crippen LogP contribution in [-0.4, -0.2) is 62.4 Å². The summed E-state index contributed by atoms with van der Waals surface area (Å²) in [6, 6.07) is 5.91. The molecule has 0 spiro atoms. The van der Waals surface area contributed by atoms with Crippen molar-refractivity contribution in [2.45, 2.75) is 48.1 Å². The second kappa shape index (κ2) is 18.6. The zero-order valence-electron chi connectivity index (χ0n) is 20.1. The van der Waals surface area contributed by atoms with E-state index in [1.54, 1.807) is 18.4 Å². The van der Waals surface area contributed by atoms with Gasteiger partial charge in [0.2, 0.25) is 0 Å². The zero-order chi connectivity index (χ0) is 27.1. The van der Waals surface area contributed by atoms with Crippen molar-refractivity contribution in [1.29, 1.82) is 0 Å². The number of ether oxygens (including phenoxy) is 2. The van der Waals surface area contributed by atoms with Gasteiger partial charge >= 0.3 is 5.97 Å². The van der Waals surface area contributed by atoms with E-state index in [4.69, 9.17) is 27.5 Å². The highest BCUT2D eigenvalue weighted by molar-refractivity contribution is 9.10. The average Bonchev–Trinajstić information content (AvgIpc) is 3.55. The van der Waals surface area contributed by atoms with Crippen LogP contribution < -0.4 is 0 Å². The molecule has 2 saturated heterocycles. The van der Waals surface area contributed by atoms with Crippen molar-refractivity contribution in [1.82, 2.24) is 0 Å². The lowest BCUT2D eigenvalue weighted by Crippen LogP contribution is -2.02. The number of halogens is 4. The maximum Gasteiger partial charge on any atom is 0.339 e. The molecule has 4 rings (SSSR count). The highest BCUT2D eigenvalue weighted by Crippen LogP contribution is 2.28. The Morgan fingerprint density at radius 1 is 1.00 bits per heavy atom. The van der Waals surface area contributed by atoms with E-state index >= 15 is 0 Å². The lowest BCUT2D eigenvalue weighted by Gasteiger charge is -2.05. The fourth-order valence-electron chi connectivity index (χ4n) is 2.95. The Bertz CT molecular complexity index is 955. The number of thioether (sulfide) groups is 2. The summed E-state index contributed by atoms with van der Waals surface area (Å²) in [4.78, 5) is 11.8. The topological polar surface area (TPSA) is 76.0 Å². The molecular formula is C24H29BBr2F2O5S2. The Hall–Kier alpha value is -0.625. The number of benzene rings is 2. The van der Waals surface area contributed by atoms with Crippen LogP contribution in [0.5, 0.6) is 0 Å². The number of carbonyl (C=O) groups is 1. The van der Waals surface area contributed by atoms with E-state index in [0.717, 1.165) is 43.6 Å². The lowest BCUT2D eigenvalue weighted by atomic mass is 9.98. The number of hydrogen-bond acceptors (Lipinski definition) is 6. The summed E-state index contributed by atoms with van der Waals surface area (Å²) in [5.41, 5.74) is 0.0985. The van der Waals surface area contributed by atoms with Gasteiger partial charge in [0, 0.05) is 50.1 Å². The van der Waals surface area contributed by atoms with Gasteiger partial charge in [-0.05, 0) is 62.5 Å². The molecular weight excluding hydrogens is 641 g/mol. The number of rotatable bonds is 4. The van der Waals surface area contributed by atoms with Crippen molar-refractivity contribution < 1.29 is 33.3 Å². The van der Waals surface area contributed by atoms with Crippen LogP contribution in [0.25, 0.3) is 0 Å². The van der Waals surface area contributed by atoms with Gasteiger partial charge in [0.15, 0.2) is 0 Å². The lowest BCUT2D eigenvalue weighted by molar-refractivity contribution is 0.0687. The van der Waals surface area contributed by atoms with Crippen LogP contribution in [0, 0.1) is 11.6 Å². The summed E-state index contributed by atoms with van der Waals surface area (Å²) < 4.78 is 37.3. The predicted molar refractivity (Wildman–Crippen MR) is 149 cm³/mol. The largest absolute Gasteiger partial charge is 0.478 e. The normalized spacial score (nSPS) is 16.1. The van der Waals surface area contributed by atoms with Crippen LogP contribution in [0.4, 0.5) is 8.78 Å². The molecule has 0 saturated carbocycles. The van der Waals surface area contributed by atoms with Gasteiger partial charge < -0.3 is 19.7 Å². The first-order chi connectivity index (χ1) is 17.1. The maximum atomic E-state index is 13.1. The van der Waals surface area contributed by atoms with Crippen LogP contribution in [0.3, 0.4) is 0 Å². The van der Waals surface area contributed by atoms with Crippen molar-refractivity contribution in [3.63, 3.8) is 0 Å². The first-order valence-corrected chi connectivity index (χ1v) is 15.0. The molecule has 12 heteroatoms. The summed E-state index contributed by atoms with van der Waals surface area (Å²) in [7, 11) is 5.31. The number of aromatic carboxylic acids is 1. The summed E-state index contributed by atoms with van der Waals surface area (Å²) in [5.74, 6) is -2.32. The van der Waals surface area contributed by atoms with Crippen LogP contribution >= 0.6 is 55.4 Å². The predicted octanol–water partition coefficient (Wildman–Crippen LogP) is 6.90. The Morgan fingerprint density at radius 3 is 1.92 bits per heavy atom. The summed E-state index contributed by atoms with van der Waals surface area (Å²) in [6.07, 6.45) is 8.29. The molecule has 36 heavy (non-hydrogen) atoms. The molecule has 2 N–H and O–H groups in total. The Labute approximate surface area is 237 Å². The van der Waals surface area contributed by atoms with E-state index < -0.39 is 11.8 Å². The first kappa shape index (κ1) is 33.4. The Morgan fingerprint density at radius 2 is 1.56 bits per heavy atom. The minimum absolute atomic E-state index is 0.0463. The number of carboxylic acids is 1. The fourth-order valence-corrected chi connectivity index (χ4v) is 5.40. The third kappa shape index (κ3) is 12.3. The van der Waals surface area contributed by atoms with Gasteiger partial charge in [0.05, 0.1) is 6.61 Å². The van der Waals surface area contributed by atoms with E-state index in [0.29, 0.717) is 19.4 Å². The highest BCUT2D eigenvalue weighted by atomic mass is 79.9. The molecule has 2 aliphatic rings. The molecule has 2 aromatic carbocycles. The second-order valence-electron chi connectivity index (χ2n) is 7.37. The standard InChI is InChI=1S/C8H6BrFO2S.C8H8BrFOS.C4H7BO.C4H8O/c1-13-6-3-4(9)2-5(10)7(6)8(11)12;1-12-8-3-5(9)2-7(10)6(8)4-11;5-4-2-1-3-6-4;1-2-4-5-3-1/h2-3H,1H3,(H,11,12);2-3,11H,4H2,1H3;4H,1-3H2;1-4H2. The van der Waals surface area contributed by atoms with Crippen molar-refractivity contribution in [3.8, 4) is 0 Å². The first-order valence-electron chi connectivity index (χ1n) is 11.0. The molecule has 5 nitrogen and oxygen atoms in total. The van der Waals surface area contributed by atoms with Crippen LogP contribution in [0.1, 0.15) is 41.6 Å². The molecule has 2 fully saturated rings. The third-order valence-electron chi connectivity index (χ3n) is 4.74. The maximum absolute atomic E-state index is 13.1. The van der Waals surface area contributed by atoms with Gasteiger partial charge in [-0.1, -0.05) is 31.9 Å². The molecule has 0 aliphatic carbocycles. The molecule has 1 unspecified atom stereocenters. The third-order valence-corrected chi connectivity index (χ3v) is 7.22. The van der Waals surface area contributed by atoms with Gasteiger partial charge in [-0.3, -0.25) is 0 Å². The van der Waals surface area contributed by atoms with Crippen molar-refractivity contribution in [3.05, 3.63) is 56.0 Å². The number of aliphatic hydroxyl groups excluding tert-OH is 1. The monoisotopic (exact) mass is 668 g/mol. The van der Waals surface area contributed by atoms with E-state index in [2.05, 4.69) is 31.9 Å². The van der Waals surface area contributed by atoms with Crippen molar-refractivity contribution >= 4 is 69.2 Å². The van der Waals surface area contributed by atoms with Crippen LogP contribution in [0.2, 0.25) is 0 Å². The summed E-state index contributed by atoms with van der Waals surface area (Å²) >= 11 is 8.89. The van der Waals surface area contributed by atoms with Crippen LogP contribution in [-0.2, 0) is 16.1 Å². The Balaban J connectivity index is 0.000000257. The van der Waals surface area contributed by atoms with E-state index in [-0.39, 0.29) is 24.0 Å². The molecule has 0 aromatic heterocycles. The zero-order valence-corrected chi connectivity index (χ0v) is 24.9. The SMILES string of the molecule is C1CCOC1.CSc1cc(Br)cc(F)c1C(=O)O.CSc1cc(Br)cc(F)c1CO.[B]C1CCCO1. The van der Waals surface area contributed by atoms with E-state index in [1.165, 1.54) is 42.4 Å². The van der Waals surface area contributed by atoms with E-state index in [9.17, 15) is 13.6 Å². The van der Waals surface area contributed by atoms with Crippen LogP contribution in [0.15, 0.2) is 43.0 Å². The number of hydrogen-bond donors (Lipinski definition) is 2. The van der Waals surface area contributed by atoms with Crippen molar-refractivity contribution in [2.24, 2.45) is 0 Å². The molecule has 198 valence electrons. The molecule has 0 bridgehead atoms. The molecule has 0 amide bonds. The van der Waals surface area contributed by atoms with Gasteiger partial charge in [-0.25, -0.2) is 13.6 Å². The molecule has 2 aliphatic heterocycles. The number of carboxylic acid groups (broad SMARTS) is 1. The van der Waals surface area contributed by atoms with E-state index in [1.807, 2.05) is 6.26 Å². The Kier molecular flexibility index (Phi) is 17.3. The molecule has 1 atom stereocenters. The second-order valence-corrected chi connectivity index (χ2v) is 10.9. The minimum atomic E-state index is -1.24.